The summed E-state index contributed by atoms with van der Waals surface area (Å²) in [5.74, 6) is -1.01. The molecule has 2 bridgehead atoms. The third kappa shape index (κ3) is 2.98. The second kappa shape index (κ2) is 7.35. The summed E-state index contributed by atoms with van der Waals surface area (Å²) in [6.45, 7) is 1.57. The zero-order chi connectivity index (χ0) is 21.7. The van der Waals surface area contributed by atoms with E-state index in [1.54, 1.807) is 0 Å². The average Bonchev–Trinajstić information content (AvgIpc) is 3.56. The Bertz CT molecular complexity index is 1220. The molecule has 3 aliphatic rings. The van der Waals surface area contributed by atoms with Crippen LogP contribution in [0.5, 0.6) is 0 Å². The highest BCUT2D eigenvalue weighted by molar-refractivity contribution is 5.93. The summed E-state index contributed by atoms with van der Waals surface area (Å²) in [4.78, 5) is 31.7. The lowest BCUT2D eigenvalue weighted by molar-refractivity contribution is -0.137. The van der Waals surface area contributed by atoms with Gasteiger partial charge in [0, 0.05) is 30.2 Å². The average molecular weight is 428 g/mol. The van der Waals surface area contributed by atoms with Gasteiger partial charge in [-0.3, -0.25) is 9.59 Å². The van der Waals surface area contributed by atoms with Crippen molar-refractivity contribution in [1.82, 2.24) is 15.2 Å². The Kier molecular flexibility index (Phi) is 4.43. The molecule has 162 valence electrons. The first-order valence-corrected chi connectivity index (χ1v) is 11.2. The molecule has 0 aliphatic carbocycles. The third-order valence-corrected chi connectivity index (χ3v) is 7.12. The van der Waals surface area contributed by atoms with Crippen molar-refractivity contribution >= 4 is 22.7 Å². The van der Waals surface area contributed by atoms with Crippen LogP contribution < -0.4 is 5.32 Å². The number of carbonyl (C=O) groups excluding carboxylic acids is 2. The van der Waals surface area contributed by atoms with Crippen LogP contribution in [0.3, 0.4) is 0 Å². The third-order valence-electron chi connectivity index (χ3n) is 7.12. The number of ether oxygens (including phenoxy) is 1. The molecule has 4 atom stereocenters. The molecule has 3 aliphatic heterocycles. The van der Waals surface area contributed by atoms with E-state index in [0.717, 1.165) is 17.5 Å². The summed E-state index contributed by atoms with van der Waals surface area (Å²) >= 11 is 0. The lowest BCUT2D eigenvalue weighted by atomic mass is 9.77. The summed E-state index contributed by atoms with van der Waals surface area (Å²) in [5.41, 5.74) is 2.66. The minimum absolute atomic E-state index is 0.0246. The Morgan fingerprint density at radius 1 is 1.16 bits per heavy atom. The van der Waals surface area contributed by atoms with Gasteiger partial charge in [0.1, 0.15) is 5.60 Å². The van der Waals surface area contributed by atoms with Gasteiger partial charge in [-0.25, -0.2) is 0 Å². The number of aromatic amines is 1. The number of likely N-dealkylation sites (tertiary alicyclic amines) is 1. The molecular weight excluding hydrogens is 402 g/mol. The van der Waals surface area contributed by atoms with Gasteiger partial charge in [0.2, 0.25) is 11.8 Å². The Morgan fingerprint density at radius 2 is 1.97 bits per heavy atom. The first-order chi connectivity index (χ1) is 15.6. The van der Waals surface area contributed by atoms with Crippen molar-refractivity contribution in [3.63, 3.8) is 0 Å². The standard InChI is InChI=1S/C26H25N3O3/c30-24(28-14-17-6-2-1-3-7-17)22-21-10-12-26(32-21)16-29(25(31)23(22)26)13-11-18-15-27-20-9-5-4-8-19(18)20/h1-10,12,15,21-23,27H,11,13-14,16H2,(H,28,30)/t21-,22-,23+,26-/m0/s1. The van der Waals surface area contributed by atoms with Crippen molar-refractivity contribution in [1.29, 1.82) is 0 Å². The fourth-order valence-electron chi connectivity index (χ4n) is 5.56. The molecule has 1 aromatic heterocycles. The smallest absolute Gasteiger partial charge is 0.230 e. The van der Waals surface area contributed by atoms with Crippen LogP contribution in [0.15, 0.2) is 72.9 Å². The monoisotopic (exact) mass is 427 g/mol. The fraction of sp³-hybridized carbons (Fsp3) is 0.308. The van der Waals surface area contributed by atoms with Gasteiger partial charge >= 0.3 is 0 Å². The molecule has 2 aromatic carbocycles. The van der Waals surface area contributed by atoms with E-state index < -0.39 is 17.4 Å². The molecule has 4 heterocycles. The maximum absolute atomic E-state index is 13.4. The molecule has 2 saturated heterocycles. The summed E-state index contributed by atoms with van der Waals surface area (Å²) in [6, 6.07) is 18.0. The largest absolute Gasteiger partial charge is 0.361 e. The van der Waals surface area contributed by atoms with Gasteiger partial charge in [-0.1, -0.05) is 60.7 Å². The number of hydrogen-bond donors (Lipinski definition) is 2. The number of H-pyrrole nitrogens is 1. The van der Waals surface area contributed by atoms with E-state index in [-0.39, 0.29) is 17.9 Å². The van der Waals surface area contributed by atoms with Crippen LogP contribution in [0.25, 0.3) is 10.9 Å². The van der Waals surface area contributed by atoms with E-state index in [2.05, 4.69) is 22.4 Å². The van der Waals surface area contributed by atoms with E-state index in [1.165, 1.54) is 10.9 Å². The van der Waals surface area contributed by atoms with E-state index in [4.69, 9.17) is 4.74 Å². The van der Waals surface area contributed by atoms with Gasteiger partial charge < -0.3 is 19.9 Å². The molecule has 0 unspecified atom stereocenters. The number of aromatic nitrogens is 1. The van der Waals surface area contributed by atoms with Crippen LogP contribution in [0.4, 0.5) is 0 Å². The van der Waals surface area contributed by atoms with Gasteiger partial charge in [0.05, 0.1) is 24.5 Å². The summed E-state index contributed by atoms with van der Waals surface area (Å²) in [6.07, 6.45) is 6.42. The van der Waals surface area contributed by atoms with Crippen molar-refractivity contribution in [2.75, 3.05) is 13.1 Å². The van der Waals surface area contributed by atoms with Gasteiger partial charge in [-0.2, -0.15) is 0 Å². The van der Waals surface area contributed by atoms with Crippen molar-refractivity contribution < 1.29 is 14.3 Å². The summed E-state index contributed by atoms with van der Waals surface area (Å²) in [5, 5.41) is 4.20. The van der Waals surface area contributed by atoms with Crippen LogP contribution >= 0.6 is 0 Å². The van der Waals surface area contributed by atoms with Crippen LogP contribution in [-0.2, 0) is 27.3 Å². The summed E-state index contributed by atoms with van der Waals surface area (Å²) in [7, 11) is 0. The number of para-hydroxylation sites is 1. The molecule has 6 heteroatoms. The molecule has 1 spiro atoms. The van der Waals surface area contributed by atoms with Crippen LogP contribution in [-0.4, -0.2) is 46.5 Å². The molecule has 32 heavy (non-hydrogen) atoms. The minimum atomic E-state index is -0.670. The van der Waals surface area contributed by atoms with Crippen molar-refractivity contribution in [2.24, 2.45) is 11.8 Å². The highest BCUT2D eigenvalue weighted by atomic mass is 16.5. The number of nitrogens with zero attached hydrogens (tertiary/aromatic N) is 1. The van der Waals surface area contributed by atoms with Crippen molar-refractivity contribution in [3.8, 4) is 0 Å². The molecule has 2 amide bonds. The fourth-order valence-corrected chi connectivity index (χ4v) is 5.56. The molecular formula is C26H25N3O3. The maximum atomic E-state index is 13.4. The first kappa shape index (κ1) is 19.3. The van der Waals surface area contributed by atoms with Crippen LogP contribution in [0.1, 0.15) is 11.1 Å². The Balaban J connectivity index is 1.17. The van der Waals surface area contributed by atoms with Gasteiger partial charge in [0.15, 0.2) is 0 Å². The molecule has 6 nitrogen and oxygen atoms in total. The predicted molar refractivity (Wildman–Crippen MR) is 121 cm³/mol. The maximum Gasteiger partial charge on any atom is 0.230 e. The molecule has 6 rings (SSSR count). The number of benzene rings is 2. The van der Waals surface area contributed by atoms with E-state index in [9.17, 15) is 9.59 Å². The highest BCUT2D eigenvalue weighted by Crippen LogP contribution is 2.51. The number of fused-ring (bicyclic) bond motifs is 2. The number of nitrogens with one attached hydrogen (secondary N) is 2. The second-order valence-corrected chi connectivity index (χ2v) is 8.97. The van der Waals surface area contributed by atoms with E-state index in [0.29, 0.717) is 19.6 Å². The number of hydrogen-bond acceptors (Lipinski definition) is 3. The van der Waals surface area contributed by atoms with E-state index in [1.807, 2.05) is 65.7 Å². The first-order valence-electron chi connectivity index (χ1n) is 11.2. The molecule has 0 radical (unpaired) electrons. The normalized spacial score (nSPS) is 27.9. The Hall–Kier alpha value is -3.38. The quantitative estimate of drug-likeness (QED) is 0.594. The molecule has 0 saturated carbocycles. The zero-order valence-electron chi connectivity index (χ0n) is 17.7. The van der Waals surface area contributed by atoms with Gasteiger partial charge in [0.25, 0.3) is 0 Å². The van der Waals surface area contributed by atoms with Gasteiger partial charge in [-0.15, -0.1) is 0 Å². The molecule has 2 fully saturated rings. The van der Waals surface area contributed by atoms with Crippen LogP contribution in [0.2, 0.25) is 0 Å². The van der Waals surface area contributed by atoms with Crippen LogP contribution in [0, 0.1) is 11.8 Å². The number of amides is 2. The van der Waals surface area contributed by atoms with Crippen molar-refractivity contribution in [2.45, 2.75) is 24.7 Å². The summed E-state index contributed by atoms with van der Waals surface area (Å²) < 4.78 is 6.24. The highest BCUT2D eigenvalue weighted by Gasteiger charge is 2.66. The zero-order valence-corrected chi connectivity index (χ0v) is 17.7. The SMILES string of the molecule is O=C(NCc1ccccc1)[C@H]1[C@@H]2C=C[C@@]3(CN(CCc4c[nH]c5ccccc45)C(=O)[C@@H]13)O2. The number of carbonyl (C=O) groups is 2. The van der Waals surface area contributed by atoms with Gasteiger partial charge in [-0.05, 0) is 23.6 Å². The Morgan fingerprint density at radius 3 is 2.84 bits per heavy atom. The van der Waals surface area contributed by atoms with E-state index >= 15 is 0 Å². The second-order valence-electron chi connectivity index (χ2n) is 8.97. The van der Waals surface area contributed by atoms with Crippen molar-refractivity contribution in [3.05, 3.63) is 84.1 Å². The lowest BCUT2D eigenvalue weighted by Crippen LogP contribution is -2.44. The lowest BCUT2D eigenvalue weighted by Gasteiger charge is -2.23. The Labute approximate surface area is 186 Å². The number of rotatable bonds is 6. The predicted octanol–water partition coefficient (Wildman–Crippen LogP) is 2.81. The molecule has 2 N–H and O–H groups in total. The topological polar surface area (TPSA) is 74.4 Å². The molecule has 3 aromatic rings. The minimum Gasteiger partial charge on any atom is -0.361 e.